The van der Waals surface area contributed by atoms with E-state index in [-0.39, 0.29) is 17.1 Å². The average molecular weight is 247 g/mol. The summed E-state index contributed by atoms with van der Waals surface area (Å²) in [4.78, 5) is 14.7. The number of para-hydroxylation sites is 1. The number of benzene rings is 1. The lowest BCUT2D eigenvalue weighted by atomic mass is 10.1. The van der Waals surface area contributed by atoms with Gasteiger partial charge in [0.1, 0.15) is 11.4 Å². The van der Waals surface area contributed by atoms with Gasteiger partial charge < -0.3 is 5.73 Å². The van der Waals surface area contributed by atoms with Crippen molar-refractivity contribution in [2.75, 3.05) is 5.73 Å². The molecule has 0 radical (unpaired) electrons. The molecule has 2 aromatic rings. The first-order valence-electron chi connectivity index (χ1n) is 5.55. The van der Waals surface area contributed by atoms with Crippen LogP contribution in [0.25, 0.3) is 10.9 Å². The minimum atomic E-state index is -1.58. The number of nitrogens with zero attached hydrogens (tertiary/aromatic N) is 2. The first-order chi connectivity index (χ1) is 8.53. The highest BCUT2D eigenvalue weighted by Gasteiger charge is 2.49. The van der Waals surface area contributed by atoms with Crippen LogP contribution in [-0.4, -0.2) is 9.91 Å². The molecule has 1 aliphatic rings. The van der Waals surface area contributed by atoms with Gasteiger partial charge in [0.05, 0.1) is 15.8 Å². The predicted molar refractivity (Wildman–Crippen MR) is 64.8 cm³/mol. The third kappa shape index (κ3) is 1.42. The van der Waals surface area contributed by atoms with Gasteiger partial charge in [0.25, 0.3) is 0 Å². The summed E-state index contributed by atoms with van der Waals surface area (Å²) in [7, 11) is 0. The number of pyridine rings is 1. The highest BCUT2D eigenvalue weighted by molar-refractivity contribution is 5.94. The molecule has 1 aromatic heterocycles. The van der Waals surface area contributed by atoms with Crippen molar-refractivity contribution < 1.29 is 9.31 Å². The summed E-state index contributed by atoms with van der Waals surface area (Å²) in [6, 6.07) is 6.56. The number of halogens is 1. The Labute approximate surface area is 102 Å². The van der Waals surface area contributed by atoms with Crippen LogP contribution in [0.4, 0.5) is 15.8 Å². The van der Waals surface area contributed by atoms with Gasteiger partial charge in [-0.3, -0.25) is 10.1 Å². The van der Waals surface area contributed by atoms with Crippen LogP contribution in [0, 0.1) is 10.1 Å². The zero-order valence-electron chi connectivity index (χ0n) is 9.39. The Morgan fingerprint density at radius 3 is 2.67 bits per heavy atom. The van der Waals surface area contributed by atoms with Crippen LogP contribution < -0.4 is 5.73 Å². The summed E-state index contributed by atoms with van der Waals surface area (Å²) in [5.41, 5.74) is 4.15. The molecule has 92 valence electrons. The molecule has 1 saturated carbocycles. The quantitative estimate of drug-likeness (QED) is 0.653. The fourth-order valence-corrected chi connectivity index (χ4v) is 2.09. The van der Waals surface area contributed by atoms with Crippen LogP contribution in [0.2, 0.25) is 0 Å². The molecule has 18 heavy (non-hydrogen) atoms. The van der Waals surface area contributed by atoms with Crippen LogP contribution in [0.15, 0.2) is 24.3 Å². The molecule has 0 amide bonds. The van der Waals surface area contributed by atoms with E-state index in [0.717, 1.165) is 0 Å². The van der Waals surface area contributed by atoms with E-state index in [9.17, 15) is 14.5 Å². The normalized spacial score (nSPS) is 16.7. The summed E-state index contributed by atoms with van der Waals surface area (Å²) in [6.45, 7) is 0. The van der Waals surface area contributed by atoms with Gasteiger partial charge >= 0.3 is 5.69 Å². The van der Waals surface area contributed by atoms with Gasteiger partial charge in [-0.25, -0.2) is 9.37 Å². The van der Waals surface area contributed by atoms with Crippen molar-refractivity contribution in [3.05, 3.63) is 40.1 Å². The monoisotopic (exact) mass is 247 g/mol. The topological polar surface area (TPSA) is 82.0 Å². The van der Waals surface area contributed by atoms with Crippen molar-refractivity contribution in [1.82, 2.24) is 4.98 Å². The molecule has 0 aliphatic heterocycles. The van der Waals surface area contributed by atoms with E-state index < -0.39 is 10.6 Å². The van der Waals surface area contributed by atoms with E-state index >= 15 is 0 Å². The Balaban J connectivity index is 2.40. The molecule has 2 N–H and O–H groups in total. The van der Waals surface area contributed by atoms with Crippen molar-refractivity contribution in [2.24, 2.45) is 0 Å². The van der Waals surface area contributed by atoms with Crippen molar-refractivity contribution >= 4 is 22.3 Å². The molecule has 5 nitrogen and oxygen atoms in total. The van der Waals surface area contributed by atoms with Crippen molar-refractivity contribution in [2.45, 2.75) is 18.5 Å². The average Bonchev–Trinajstić information content (AvgIpc) is 3.07. The van der Waals surface area contributed by atoms with E-state index in [1.165, 1.54) is 0 Å². The number of hydrogen-bond acceptors (Lipinski definition) is 4. The van der Waals surface area contributed by atoms with E-state index in [1.807, 2.05) is 0 Å². The summed E-state index contributed by atoms with van der Waals surface area (Å²) in [5, 5.41) is 11.5. The summed E-state index contributed by atoms with van der Waals surface area (Å²) >= 11 is 0. The molecule has 1 fully saturated rings. The molecule has 0 unspecified atom stereocenters. The summed E-state index contributed by atoms with van der Waals surface area (Å²) in [5.74, 6) is 0. The molecule has 0 bridgehead atoms. The zero-order valence-corrected chi connectivity index (χ0v) is 9.39. The molecule has 1 aromatic carbocycles. The number of nitrogen functional groups attached to an aromatic ring is 1. The van der Waals surface area contributed by atoms with E-state index in [4.69, 9.17) is 5.73 Å². The fourth-order valence-electron chi connectivity index (χ4n) is 2.09. The Morgan fingerprint density at radius 1 is 1.39 bits per heavy atom. The maximum atomic E-state index is 14.1. The van der Waals surface area contributed by atoms with Crippen molar-refractivity contribution in [3.8, 4) is 0 Å². The number of aromatic nitrogens is 1. The number of alkyl halides is 1. The standard InChI is InChI=1S/C12H10FN3O2/c13-12(5-6-12)11-9(14)10(16(17)18)7-3-1-2-4-8(7)15-11/h1-4H,5-6,14H2. The maximum absolute atomic E-state index is 14.1. The van der Waals surface area contributed by atoms with Gasteiger partial charge in [-0.15, -0.1) is 0 Å². The first-order valence-corrected chi connectivity index (χ1v) is 5.55. The van der Waals surface area contributed by atoms with Crippen LogP contribution in [-0.2, 0) is 5.67 Å². The van der Waals surface area contributed by atoms with Gasteiger partial charge in [0, 0.05) is 0 Å². The van der Waals surface area contributed by atoms with E-state index in [2.05, 4.69) is 4.98 Å². The molecule has 1 aliphatic carbocycles. The lowest BCUT2D eigenvalue weighted by molar-refractivity contribution is -0.382. The third-order valence-corrected chi connectivity index (χ3v) is 3.20. The van der Waals surface area contributed by atoms with Crippen molar-refractivity contribution in [1.29, 1.82) is 0 Å². The molecule has 0 atom stereocenters. The predicted octanol–water partition coefficient (Wildman–Crippen LogP) is 2.68. The Hall–Kier alpha value is -2.24. The lowest BCUT2D eigenvalue weighted by Crippen LogP contribution is -2.10. The fraction of sp³-hybridized carbons (Fsp3) is 0.250. The number of fused-ring (bicyclic) bond motifs is 1. The van der Waals surface area contributed by atoms with E-state index in [0.29, 0.717) is 23.7 Å². The van der Waals surface area contributed by atoms with Crippen LogP contribution in [0.3, 0.4) is 0 Å². The SMILES string of the molecule is Nc1c(C2(F)CC2)nc2ccccc2c1[N+](=O)[O-]. The van der Waals surface area contributed by atoms with Crippen LogP contribution in [0.5, 0.6) is 0 Å². The highest BCUT2D eigenvalue weighted by atomic mass is 19.1. The number of hydrogen-bond donors (Lipinski definition) is 1. The van der Waals surface area contributed by atoms with Gasteiger partial charge in [-0.1, -0.05) is 12.1 Å². The van der Waals surface area contributed by atoms with Gasteiger partial charge in [0.15, 0.2) is 5.67 Å². The third-order valence-electron chi connectivity index (χ3n) is 3.20. The van der Waals surface area contributed by atoms with Crippen LogP contribution >= 0.6 is 0 Å². The zero-order chi connectivity index (χ0) is 12.9. The number of nitrogens with two attached hydrogens (primary N) is 1. The van der Waals surface area contributed by atoms with Crippen molar-refractivity contribution in [3.63, 3.8) is 0 Å². The molecule has 6 heteroatoms. The molecule has 0 spiro atoms. The summed E-state index contributed by atoms with van der Waals surface area (Å²) in [6.07, 6.45) is 0.638. The molecule has 3 rings (SSSR count). The minimum absolute atomic E-state index is 0.00731. The highest BCUT2D eigenvalue weighted by Crippen LogP contribution is 2.52. The Kier molecular flexibility index (Phi) is 2.04. The van der Waals surface area contributed by atoms with Crippen LogP contribution in [0.1, 0.15) is 18.5 Å². The first kappa shape index (κ1) is 10.9. The number of anilines is 1. The molecular weight excluding hydrogens is 237 g/mol. The molecular formula is C12H10FN3O2. The van der Waals surface area contributed by atoms with Gasteiger partial charge in [0.2, 0.25) is 0 Å². The maximum Gasteiger partial charge on any atom is 0.303 e. The minimum Gasteiger partial charge on any atom is -0.392 e. The number of nitro groups is 1. The van der Waals surface area contributed by atoms with Gasteiger partial charge in [-0.2, -0.15) is 0 Å². The second-order valence-corrected chi connectivity index (χ2v) is 4.46. The second kappa shape index (κ2) is 3.38. The Morgan fingerprint density at radius 2 is 2.06 bits per heavy atom. The molecule has 1 heterocycles. The Bertz CT molecular complexity index is 668. The smallest absolute Gasteiger partial charge is 0.303 e. The number of rotatable bonds is 2. The second-order valence-electron chi connectivity index (χ2n) is 4.46. The van der Waals surface area contributed by atoms with Gasteiger partial charge in [-0.05, 0) is 25.0 Å². The molecule has 0 saturated heterocycles. The summed E-state index contributed by atoms with van der Waals surface area (Å²) < 4.78 is 14.1. The largest absolute Gasteiger partial charge is 0.392 e. The lowest BCUT2D eigenvalue weighted by Gasteiger charge is -2.10. The van der Waals surface area contributed by atoms with E-state index in [1.54, 1.807) is 24.3 Å².